The van der Waals surface area contributed by atoms with Crippen LogP contribution in [-0.4, -0.2) is 39.5 Å². The molecule has 0 unspecified atom stereocenters. The zero-order valence-corrected chi connectivity index (χ0v) is 16.9. The first-order valence-electron chi connectivity index (χ1n) is 9.57. The Balaban J connectivity index is 1.98. The van der Waals surface area contributed by atoms with E-state index in [1.165, 1.54) is 49.1 Å². The molecule has 1 amide bonds. The van der Waals surface area contributed by atoms with E-state index in [1.54, 1.807) is 26.0 Å². The summed E-state index contributed by atoms with van der Waals surface area (Å²) < 4.78 is 26.8. The van der Waals surface area contributed by atoms with Gasteiger partial charge in [-0.2, -0.15) is 0 Å². The van der Waals surface area contributed by atoms with Crippen LogP contribution in [0.3, 0.4) is 0 Å². The maximum atomic E-state index is 12.6. The second-order valence-electron chi connectivity index (χ2n) is 7.44. The van der Waals surface area contributed by atoms with E-state index < -0.39 is 10.0 Å². The van der Waals surface area contributed by atoms with Crippen molar-refractivity contribution in [3.63, 3.8) is 0 Å². The number of carbonyl (C=O) groups excluding carboxylic acids is 1. The fourth-order valence-corrected chi connectivity index (χ4v) is 4.58. The molecule has 1 aromatic rings. The molecule has 146 valence electrons. The Labute approximate surface area is 157 Å². The van der Waals surface area contributed by atoms with Crippen LogP contribution >= 0.6 is 0 Å². The first-order valence-corrected chi connectivity index (χ1v) is 11.1. The van der Waals surface area contributed by atoms with Crippen molar-refractivity contribution in [2.75, 3.05) is 18.4 Å². The van der Waals surface area contributed by atoms with Gasteiger partial charge in [-0.25, -0.2) is 13.1 Å². The van der Waals surface area contributed by atoms with Crippen LogP contribution in [0.1, 0.15) is 52.9 Å². The lowest BCUT2D eigenvalue weighted by molar-refractivity contribution is -0.914. The van der Waals surface area contributed by atoms with Gasteiger partial charge < -0.3 is 10.2 Å². The van der Waals surface area contributed by atoms with Gasteiger partial charge in [-0.1, -0.05) is 6.42 Å². The molecule has 1 heterocycles. The minimum absolute atomic E-state index is 0.0171. The van der Waals surface area contributed by atoms with Crippen LogP contribution in [0, 0.1) is 0 Å². The number of benzene rings is 1. The highest BCUT2D eigenvalue weighted by molar-refractivity contribution is 7.89. The van der Waals surface area contributed by atoms with Gasteiger partial charge >= 0.3 is 0 Å². The molecular formula is C19H32N3O3S+. The number of quaternary nitrogens is 1. The first kappa shape index (κ1) is 20.9. The summed E-state index contributed by atoms with van der Waals surface area (Å²) in [6.45, 7) is 7.60. The van der Waals surface area contributed by atoms with Gasteiger partial charge in [-0.05, 0) is 70.7 Å². The fraction of sp³-hybridized carbons (Fsp3) is 0.632. The molecule has 0 saturated carbocycles. The van der Waals surface area contributed by atoms with Crippen molar-refractivity contribution in [2.24, 2.45) is 0 Å². The predicted molar refractivity (Wildman–Crippen MR) is 104 cm³/mol. The molecule has 0 radical (unpaired) electrons. The van der Waals surface area contributed by atoms with Crippen LogP contribution in [0.15, 0.2) is 29.2 Å². The highest BCUT2D eigenvalue weighted by Crippen LogP contribution is 2.14. The van der Waals surface area contributed by atoms with Gasteiger partial charge in [0.1, 0.15) is 0 Å². The lowest BCUT2D eigenvalue weighted by atomic mass is 10.1. The van der Waals surface area contributed by atoms with Gasteiger partial charge in [0.25, 0.3) is 5.91 Å². The third kappa shape index (κ3) is 6.07. The molecule has 1 fully saturated rings. The summed E-state index contributed by atoms with van der Waals surface area (Å²) >= 11 is 0. The van der Waals surface area contributed by atoms with Crippen LogP contribution in [0.5, 0.6) is 0 Å². The Morgan fingerprint density at radius 2 is 1.50 bits per heavy atom. The summed E-state index contributed by atoms with van der Waals surface area (Å²) in [5, 5.41) is 2.92. The van der Waals surface area contributed by atoms with Crippen molar-refractivity contribution < 1.29 is 18.1 Å². The molecule has 1 atom stereocenters. The SMILES string of the molecule is CC(C)NS(=O)(=O)c1ccc(NC(=O)[C@@H](C)[NH+]2CCCCCCC2)cc1. The van der Waals surface area contributed by atoms with E-state index in [0.29, 0.717) is 5.69 Å². The van der Waals surface area contributed by atoms with E-state index >= 15 is 0 Å². The average Bonchev–Trinajstić information content (AvgIpc) is 2.53. The number of hydrogen-bond acceptors (Lipinski definition) is 3. The topological polar surface area (TPSA) is 79.7 Å². The zero-order chi connectivity index (χ0) is 19.2. The lowest BCUT2D eigenvalue weighted by Crippen LogP contribution is -3.16. The maximum absolute atomic E-state index is 12.6. The van der Waals surface area contributed by atoms with E-state index in [2.05, 4.69) is 10.0 Å². The molecule has 7 heteroatoms. The van der Waals surface area contributed by atoms with Crippen LogP contribution in [0.25, 0.3) is 0 Å². The molecule has 1 aliphatic heterocycles. The van der Waals surface area contributed by atoms with Gasteiger partial charge in [0.15, 0.2) is 6.04 Å². The van der Waals surface area contributed by atoms with Crippen molar-refractivity contribution in [1.82, 2.24) is 4.72 Å². The molecule has 0 aromatic heterocycles. The quantitative estimate of drug-likeness (QED) is 0.698. The summed E-state index contributed by atoms with van der Waals surface area (Å²) in [4.78, 5) is 14.1. The molecule has 0 spiro atoms. The molecule has 1 saturated heterocycles. The van der Waals surface area contributed by atoms with Crippen LogP contribution in [0.2, 0.25) is 0 Å². The third-order valence-corrected chi connectivity index (χ3v) is 6.50. The summed E-state index contributed by atoms with van der Waals surface area (Å²) in [6, 6.07) is 6.05. The van der Waals surface area contributed by atoms with E-state index in [-0.39, 0.29) is 22.9 Å². The number of rotatable bonds is 6. The molecule has 6 nitrogen and oxygen atoms in total. The Morgan fingerprint density at radius 1 is 0.962 bits per heavy atom. The summed E-state index contributed by atoms with van der Waals surface area (Å²) in [6.07, 6.45) is 6.13. The van der Waals surface area contributed by atoms with Gasteiger partial charge in [0.2, 0.25) is 10.0 Å². The molecular weight excluding hydrogens is 350 g/mol. The minimum atomic E-state index is -3.51. The monoisotopic (exact) mass is 382 g/mol. The van der Waals surface area contributed by atoms with Crippen LogP contribution in [-0.2, 0) is 14.8 Å². The number of nitrogens with one attached hydrogen (secondary N) is 3. The average molecular weight is 383 g/mol. The van der Waals surface area contributed by atoms with Crippen molar-refractivity contribution >= 4 is 21.6 Å². The predicted octanol–water partition coefficient (Wildman–Crippen LogP) is 1.55. The Kier molecular flexibility index (Phi) is 7.61. The zero-order valence-electron chi connectivity index (χ0n) is 16.0. The van der Waals surface area contributed by atoms with Crippen molar-refractivity contribution in [3.05, 3.63) is 24.3 Å². The molecule has 26 heavy (non-hydrogen) atoms. The molecule has 3 N–H and O–H groups in total. The van der Waals surface area contributed by atoms with Gasteiger partial charge in [0, 0.05) is 11.7 Å². The number of sulfonamides is 1. The Morgan fingerprint density at radius 3 is 2.04 bits per heavy atom. The van der Waals surface area contributed by atoms with Crippen molar-refractivity contribution in [2.45, 2.75) is 69.9 Å². The standard InChI is InChI=1S/C19H31N3O3S/c1-15(2)21-26(24,25)18-11-9-17(10-12-18)20-19(23)16(3)22-13-7-5-4-6-8-14-22/h9-12,15-16,21H,4-8,13-14H2,1-3H3,(H,20,23)/p+1/t16-/m1/s1. The van der Waals surface area contributed by atoms with E-state index in [9.17, 15) is 13.2 Å². The van der Waals surface area contributed by atoms with E-state index in [4.69, 9.17) is 0 Å². The van der Waals surface area contributed by atoms with Crippen molar-refractivity contribution in [3.8, 4) is 0 Å². The third-order valence-electron chi connectivity index (χ3n) is 4.82. The van der Waals surface area contributed by atoms with Gasteiger partial charge in [-0.3, -0.25) is 4.79 Å². The normalized spacial score (nSPS) is 18.2. The number of likely N-dealkylation sites (tertiary alicyclic amines) is 1. The first-order chi connectivity index (χ1) is 12.3. The smallest absolute Gasteiger partial charge is 0.282 e. The number of amides is 1. The molecule has 0 bridgehead atoms. The lowest BCUT2D eigenvalue weighted by Gasteiger charge is -2.27. The molecule has 0 aliphatic carbocycles. The van der Waals surface area contributed by atoms with E-state index in [1.807, 2.05) is 6.92 Å². The second-order valence-corrected chi connectivity index (χ2v) is 9.15. The van der Waals surface area contributed by atoms with E-state index in [0.717, 1.165) is 13.1 Å². The summed E-state index contributed by atoms with van der Waals surface area (Å²) in [5.74, 6) is -0.0171. The Hall–Kier alpha value is -1.44. The van der Waals surface area contributed by atoms with Crippen LogP contribution in [0.4, 0.5) is 5.69 Å². The van der Waals surface area contributed by atoms with Gasteiger partial charge in [0.05, 0.1) is 18.0 Å². The largest absolute Gasteiger partial charge is 0.325 e. The molecule has 1 aromatic carbocycles. The Bertz CT molecular complexity index is 678. The van der Waals surface area contributed by atoms with Crippen molar-refractivity contribution in [1.29, 1.82) is 0 Å². The summed E-state index contributed by atoms with van der Waals surface area (Å²) in [5.41, 5.74) is 0.622. The molecule has 2 rings (SSSR count). The van der Waals surface area contributed by atoms with Gasteiger partial charge in [-0.15, -0.1) is 0 Å². The minimum Gasteiger partial charge on any atom is -0.325 e. The van der Waals surface area contributed by atoms with Crippen LogP contribution < -0.4 is 14.9 Å². The fourth-order valence-electron chi connectivity index (χ4n) is 3.32. The number of anilines is 1. The number of carbonyl (C=O) groups is 1. The highest BCUT2D eigenvalue weighted by atomic mass is 32.2. The molecule has 1 aliphatic rings. The summed E-state index contributed by atoms with van der Waals surface area (Å²) in [7, 11) is -3.51. The number of hydrogen-bond donors (Lipinski definition) is 3. The maximum Gasteiger partial charge on any atom is 0.282 e. The second kappa shape index (κ2) is 9.48. The highest BCUT2D eigenvalue weighted by Gasteiger charge is 2.25.